The Balaban J connectivity index is 1.39. The van der Waals surface area contributed by atoms with Crippen molar-refractivity contribution >= 4 is 24.0 Å². The van der Waals surface area contributed by atoms with E-state index in [0.717, 1.165) is 16.8 Å². The zero-order valence-electron chi connectivity index (χ0n) is 22.5. The molecular formula is C31H28N4O6. The van der Waals surface area contributed by atoms with E-state index in [2.05, 4.69) is 10.6 Å². The largest absolute Gasteiger partial charge is 0.467 e. The number of furan rings is 1. The Bertz CT molecular complexity index is 1600. The van der Waals surface area contributed by atoms with Gasteiger partial charge < -0.3 is 24.5 Å². The van der Waals surface area contributed by atoms with Crippen LogP contribution < -0.4 is 10.6 Å². The maximum absolute atomic E-state index is 12.8. The molecule has 10 nitrogen and oxygen atoms in total. The van der Waals surface area contributed by atoms with Gasteiger partial charge in [-0.2, -0.15) is 5.10 Å². The molecular weight excluding hydrogens is 524 g/mol. The number of hydrogen-bond donors (Lipinski definition) is 2. The molecule has 1 unspecified atom stereocenters. The Labute approximate surface area is 236 Å². The molecule has 0 radical (unpaired) electrons. The molecule has 2 aromatic heterocycles. The third-order valence-corrected chi connectivity index (χ3v) is 6.32. The summed E-state index contributed by atoms with van der Waals surface area (Å²) >= 11 is 0. The number of ether oxygens (including phenoxy) is 2. The van der Waals surface area contributed by atoms with Gasteiger partial charge in [-0.1, -0.05) is 48.0 Å². The van der Waals surface area contributed by atoms with E-state index in [1.54, 1.807) is 29.8 Å². The van der Waals surface area contributed by atoms with Crippen LogP contribution in [-0.2, 0) is 19.1 Å². The van der Waals surface area contributed by atoms with Crippen LogP contribution in [0.1, 0.15) is 29.9 Å². The molecule has 1 atom stereocenters. The van der Waals surface area contributed by atoms with Gasteiger partial charge in [0, 0.05) is 23.4 Å². The lowest BCUT2D eigenvalue weighted by molar-refractivity contribution is -0.140. The number of carbonyl (C=O) groups excluding carboxylic acids is 3. The van der Waals surface area contributed by atoms with Crippen LogP contribution in [0.4, 0.5) is 4.79 Å². The number of carbonyl (C=O) groups is 3. The summed E-state index contributed by atoms with van der Waals surface area (Å²) in [5, 5.41) is 9.96. The molecule has 0 bridgehead atoms. The molecule has 2 amide bonds. The van der Waals surface area contributed by atoms with E-state index in [-0.39, 0.29) is 24.5 Å². The number of para-hydroxylation sites is 1. The van der Waals surface area contributed by atoms with Crippen LogP contribution in [0, 0.1) is 6.92 Å². The fourth-order valence-electron chi connectivity index (χ4n) is 4.36. The molecule has 208 valence electrons. The predicted octanol–water partition coefficient (Wildman–Crippen LogP) is 4.87. The van der Waals surface area contributed by atoms with Crippen molar-refractivity contribution in [3.05, 3.63) is 113 Å². The molecule has 1 aliphatic rings. The number of nitrogens with one attached hydrogen (secondary N) is 2. The fourth-order valence-corrected chi connectivity index (χ4v) is 4.36. The van der Waals surface area contributed by atoms with Crippen molar-refractivity contribution in [2.24, 2.45) is 0 Å². The number of urea groups is 1. The summed E-state index contributed by atoms with van der Waals surface area (Å²) in [5.74, 6) is -1.00. The molecule has 0 aliphatic carbocycles. The second kappa shape index (κ2) is 12.2. The van der Waals surface area contributed by atoms with Gasteiger partial charge in [0.15, 0.2) is 0 Å². The van der Waals surface area contributed by atoms with E-state index in [4.69, 9.17) is 19.0 Å². The molecule has 1 aliphatic heterocycles. The van der Waals surface area contributed by atoms with Crippen LogP contribution in [0.2, 0.25) is 0 Å². The van der Waals surface area contributed by atoms with Crippen molar-refractivity contribution in [3.63, 3.8) is 0 Å². The van der Waals surface area contributed by atoms with Crippen LogP contribution in [0.3, 0.4) is 0 Å². The molecule has 4 aromatic rings. The molecule has 2 aromatic carbocycles. The van der Waals surface area contributed by atoms with Crippen molar-refractivity contribution in [1.29, 1.82) is 0 Å². The van der Waals surface area contributed by atoms with E-state index < -0.39 is 24.0 Å². The average molecular weight is 553 g/mol. The third-order valence-electron chi connectivity index (χ3n) is 6.32. The van der Waals surface area contributed by atoms with E-state index in [1.807, 2.05) is 67.7 Å². The minimum absolute atomic E-state index is 0.0870. The van der Waals surface area contributed by atoms with Crippen molar-refractivity contribution in [2.45, 2.75) is 19.9 Å². The molecule has 5 rings (SSSR count). The Morgan fingerprint density at radius 1 is 1.05 bits per heavy atom. The fraction of sp³-hybridized carbons (Fsp3) is 0.161. The first-order chi connectivity index (χ1) is 19.9. The molecule has 0 saturated carbocycles. The first-order valence-electron chi connectivity index (χ1n) is 13.0. The SMILES string of the molecule is CCOC(=O)C1=C(COC(=O)C=Cc2cn(-c3ccccc3)nc2-c2ccc(C)cc2)NC(=O)NC1c1ccco1. The molecule has 2 N–H and O–H groups in total. The first kappa shape index (κ1) is 27.2. The normalized spacial score (nSPS) is 15.0. The van der Waals surface area contributed by atoms with E-state index in [9.17, 15) is 14.4 Å². The van der Waals surface area contributed by atoms with Gasteiger partial charge in [-0.05, 0) is 44.2 Å². The number of aromatic nitrogens is 2. The van der Waals surface area contributed by atoms with Gasteiger partial charge in [0.1, 0.15) is 18.4 Å². The summed E-state index contributed by atoms with van der Waals surface area (Å²) in [4.78, 5) is 38.0. The summed E-state index contributed by atoms with van der Waals surface area (Å²) in [6.07, 6.45) is 6.16. The van der Waals surface area contributed by atoms with Crippen molar-refractivity contribution in [2.75, 3.05) is 13.2 Å². The summed E-state index contributed by atoms with van der Waals surface area (Å²) in [7, 11) is 0. The van der Waals surface area contributed by atoms with Crippen molar-refractivity contribution in [1.82, 2.24) is 20.4 Å². The van der Waals surface area contributed by atoms with E-state index >= 15 is 0 Å². The van der Waals surface area contributed by atoms with Crippen LogP contribution in [-0.4, -0.2) is 41.0 Å². The number of aryl methyl sites for hydroxylation is 1. The van der Waals surface area contributed by atoms with E-state index in [1.165, 1.54) is 12.3 Å². The predicted molar refractivity (Wildman–Crippen MR) is 151 cm³/mol. The Hall–Kier alpha value is -5.38. The second-order valence-corrected chi connectivity index (χ2v) is 9.18. The molecule has 41 heavy (non-hydrogen) atoms. The lowest BCUT2D eigenvalue weighted by Gasteiger charge is -2.27. The minimum Gasteiger partial charge on any atom is -0.467 e. The molecule has 3 heterocycles. The van der Waals surface area contributed by atoms with Crippen LogP contribution in [0.5, 0.6) is 0 Å². The smallest absolute Gasteiger partial charge is 0.338 e. The standard InChI is InChI=1S/C31H28N4O6/c1-3-39-30(37)27-24(32-31(38)33-29(27)25-10-7-17-40-25)19-41-26(36)16-15-22-18-35(23-8-5-4-6-9-23)34-28(22)21-13-11-20(2)12-14-21/h4-18,29H,3,19H2,1-2H3,(H2,32,33,38). The number of esters is 2. The number of benzene rings is 2. The zero-order valence-corrected chi connectivity index (χ0v) is 22.5. The topological polar surface area (TPSA) is 125 Å². The maximum atomic E-state index is 12.8. The van der Waals surface area contributed by atoms with Crippen LogP contribution in [0.25, 0.3) is 23.0 Å². The van der Waals surface area contributed by atoms with Gasteiger partial charge in [0.2, 0.25) is 0 Å². The van der Waals surface area contributed by atoms with Gasteiger partial charge in [0.05, 0.1) is 35.5 Å². The summed E-state index contributed by atoms with van der Waals surface area (Å²) < 4.78 is 17.8. The first-order valence-corrected chi connectivity index (χ1v) is 13.0. The van der Waals surface area contributed by atoms with Gasteiger partial charge in [-0.3, -0.25) is 0 Å². The highest BCUT2D eigenvalue weighted by Crippen LogP contribution is 2.29. The highest BCUT2D eigenvalue weighted by molar-refractivity contribution is 5.95. The summed E-state index contributed by atoms with van der Waals surface area (Å²) in [6, 6.07) is 19.4. The van der Waals surface area contributed by atoms with Gasteiger partial charge in [-0.15, -0.1) is 0 Å². The lowest BCUT2D eigenvalue weighted by Crippen LogP contribution is -2.47. The Morgan fingerprint density at radius 2 is 1.83 bits per heavy atom. The monoisotopic (exact) mass is 552 g/mol. The number of nitrogens with zero attached hydrogens (tertiary/aromatic N) is 2. The summed E-state index contributed by atoms with van der Waals surface area (Å²) in [6.45, 7) is 3.44. The third kappa shape index (κ3) is 6.27. The Morgan fingerprint density at radius 3 is 2.54 bits per heavy atom. The highest BCUT2D eigenvalue weighted by atomic mass is 16.5. The quantitative estimate of drug-likeness (QED) is 0.224. The second-order valence-electron chi connectivity index (χ2n) is 9.18. The zero-order chi connectivity index (χ0) is 28.8. The molecule has 0 fully saturated rings. The van der Waals surface area contributed by atoms with Gasteiger partial charge >= 0.3 is 18.0 Å². The number of rotatable bonds is 9. The molecule has 0 spiro atoms. The van der Waals surface area contributed by atoms with Gasteiger partial charge in [0.25, 0.3) is 0 Å². The Kier molecular flexibility index (Phi) is 8.10. The molecule has 0 saturated heterocycles. The average Bonchev–Trinajstić information content (AvgIpc) is 3.67. The molecule has 10 heteroatoms. The summed E-state index contributed by atoms with van der Waals surface area (Å²) in [5.41, 5.74) is 4.47. The minimum atomic E-state index is -0.900. The lowest BCUT2D eigenvalue weighted by atomic mass is 10.0. The van der Waals surface area contributed by atoms with Gasteiger partial charge in [-0.25, -0.2) is 19.1 Å². The number of amides is 2. The van der Waals surface area contributed by atoms with Crippen molar-refractivity contribution in [3.8, 4) is 16.9 Å². The van der Waals surface area contributed by atoms with Crippen LogP contribution >= 0.6 is 0 Å². The maximum Gasteiger partial charge on any atom is 0.338 e. The van der Waals surface area contributed by atoms with E-state index in [0.29, 0.717) is 17.0 Å². The number of hydrogen-bond acceptors (Lipinski definition) is 7. The van der Waals surface area contributed by atoms with Crippen molar-refractivity contribution < 1.29 is 28.3 Å². The van der Waals surface area contributed by atoms with Crippen LogP contribution in [0.15, 0.2) is 101 Å². The highest BCUT2D eigenvalue weighted by Gasteiger charge is 2.35.